The molecule has 1 rings (SSSR count). The second kappa shape index (κ2) is 6.93. The van der Waals surface area contributed by atoms with Gasteiger partial charge in [0.15, 0.2) is 0 Å². The van der Waals surface area contributed by atoms with Gasteiger partial charge in [-0.05, 0) is 12.1 Å². The van der Waals surface area contributed by atoms with Gasteiger partial charge in [-0.15, -0.1) is 0 Å². The standard InChI is InChI=1S/C13H19NO3/c1-15-9-11-12(16-2)7-6-10(5-4-8-14)13(11)17-3/h4-7H,8-9,14H2,1-3H3/b5-4+. The van der Waals surface area contributed by atoms with Crippen molar-refractivity contribution in [3.05, 3.63) is 29.3 Å². The summed E-state index contributed by atoms with van der Waals surface area (Å²) >= 11 is 0. The van der Waals surface area contributed by atoms with E-state index in [1.54, 1.807) is 21.3 Å². The molecule has 17 heavy (non-hydrogen) atoms. The summed E-state index contributed by atoms with van der Waals surface area (Å²) in [6.07, 6.45) is 3.80. The van der Waals surface area contributed by atoms with Crippen molar-refractivity contribution in [2.24, 2.45) is 5.73 Å². The molecule has 0 bridgehead atoms. The Kier molecular flexibility index (Phi) is 5.52. The van der Waals surface area contributed by atoms with Gasteiger partial charge in [0.25, 0.3) is 0 Å². The molecule has 94 valence electrons. The zero-order valence-corrected chi connectivity index (χ0v) is 10.5. The third-order valence-corrected chi connectivity index (χ3v) is 2.39. The van der Waals surface area contributed by atoms with E-state index in [9.17, 15) is 0 Å². The van der Waals surface area contributed by atoms with Gasteiger partial charge in [0.2, 0.25) is 0 Å². The molecule has 1 aromatic rings. The fraction of sp³-hybridized carbons (Fsp3) is 0.385. The summed E-state index contributed by atoms with van der Waals surface area (Å²) in [7, 11) is 4.90. The van der Waals surface area contributed by atoms with Crippen molar-refractivity contribution < 1.29 is 14.2 Å². The molecule has 0 heterocycles. The van der Waals surface area contributed by atoms with Gasteiger partial charge in [-0.3, -0.25) is 0 Å². The lowest BCUT2D eigenvalue weighted by molar-refractivity contribution is 0.178. The van der Waals surface area contributed by atoms with Crippen LogP contribution in [0.15, 0.2) is 18.2 Å². The van der Waals surface area contributed by atoms with Gasteiger partial charge in [-0.1, -0.05) is 12.2 Å². The Morgan fingerprint density at radius 3 is 2.47 bits per heavy atom. The summed E-state index contributed by atoms with van der Waals surface area (Å²) in [6.45, 7) is 0.936. The molecule has 0 spiro atoms. The van der Waals surface area contributed by atoms with Gasteiger partial charge in [0.05, 0.1) is 26.4 Å². The van der Waals surface area contributed by atoms with Gasteiger partial charge < -0.3 is 19.9 Å². The summed E-state index contributed by atoms with van der Waals surface area (Å²) in [5, 5.41) is 0. The highest BCUT2D eigenvalue weighted by molar-refractivity contribution is 5.63. The minimum Gasteiger partial charge on any atom is -0.496 e. The average molecular weight is 237 g/mol. The number of ether oxygens (including phenoxy) is 3. The maximum atomic E-state index is 5.44. The summed E-state index contributed by atoms with van der Waals surface area (Å²) in [4.78, 5) is 0. The average Bonchev–Trinajstić information content (AvgIpc) is 2.36. The summed E-state index contributed by atoms with van der Waals surface area (Å²) in [6, 6.07) is 3.83. The first-order chi connectivity index (χ1) is 8.28. The van der Waals surface area contributed by atoms with E-state index in [1.165, 1.54) is 0 Å². The molecule has 0 aromatic heterocycles. The first-order valence-electron chi connectivity index (χ1n) is 5.37. The molecule has 4 nitrogen and oxygen atoms in total. The van der Waals surface area contributed by atoms with Crippen LogP contribution in [0.5, 0.6) is 11.5 Å². The molecule has 4 heteroatoms. The molecule has 0 fully saturated rings. The highest BCUT2D eigenvalue weighted by Gasteiger charge is 2.13. The van der Waals surface area contributed by atoms with Crippen LogP contribution in [0.3, 0.4) is 0 Å². The van der Waals surface area contributed by atoms with Crippen LogP contribution in [0.1, 0.15) is 11.1 Å². The minimum absolute atomic E-state index is 0.441. The third-order valence-electron chi connectivity index (χ3n) is 2.39. The van der Waals surface area contributed by atoms with Crippen molar-refractivity contribution in [2.75, 3.05) is 27.9 Å². The number of hydrogen-bond acceptors (Lipinski definition) is 4. The highest BCUT2D eigenvalue weighted by atomic mass is 16.5. The molecule has 0 aliphatic rings. The predicted molar refractivity (Wildman–Crippen MR) is 68.3 cm³/mol. The van der Waals surface area contributed by atoms with Gasteiger partial charge in [0.1, 0.15) is 11.5 Å². The van der Waals surface area contributed by atoms with E-state index in [-0.39, 0.29) is 0 Å². The third kappa shape index (κ3) is 3.22. The van der Waals surface area contributed by atoms with Crippen LogP contribution >= 0.6 is 0 Å². The van der Waals surface area contributed by atoms with Crippen molar-refractivity contribution in [3.8, 4) is 11.5 Å². The summed E-state index contributed by atoms with van der Waals surface area (Å²) in [5.74, 6) is 1.52. The predicted octanol–water partition coefficient (Wildman–Crippen LogP) is 1.82. The second-order valence-electron chi connectivity index (χ2n) is 3.44. The molecule has 0 saturated heterocycles. The van der Waals surface area contributed by atoms with Crippen LogP contribution in [-0.2, 0) is 11.3 Å². The molecular weight excluding hydrogens is 218 g/mol. The van der Waals surface area contributed by atoms with Crippen LogP contribution in [-0.4, -0.2) is 27.9 Å². The molecular formula is C13H19NO3. The van der Waals surface area contributed by atoms with E-state index in [0.717, 1.165) is 22.6 Å². The van der Waals surface area contributed by atoms with Crippen molar-refractivity contribution in [1.29, 1.82) is 0 Å². The van der Waals surface area contributed by atoms with E-state index < -0.39 is 0 Å². The van der Waals surface area contributed by atoms with E-state index in [1.807, 2.05) is 24.3 Å². The van der Waals surface area contributed by atoms with Crippen LogP contribution in [0.25, 0.3) is 6.08 Å². The maximum Gasteiger partial charge on any atom is 0.135 e. The Hall–Kier alpha value is -1.52. The van der Waals surface area contributed by atoms with Crippen molar-refractivity contribution in [3.63, 3.8) is 0 Å². The number of hydrogen-bond donors (Lipinski definition) is 1. The normalized spacial score (nSPS) is 10.8. The SMILES string of the molecule is COCc1c(OC)ccc(/C=C/CN)c1OC. The molecule has 0 amide bonds. The van der Waals surface area contributed by atoms with Crippen molar-refractivity contribution in [1.82, 2.24) is 0 Å². The Morgan fingerprint density at radius 1 is 1.18 bits per heavy atom. The molecule has 0 unspecified atom stereocenters. The van der Waals surface area contributed by atoms with Gasteiger partial charge in [-0.25, -0.2) is 0 Å². The molecule has 2 N–H and O–H groups in total. The summed E-state index contributed by atoms with van der Waals surface area (Å²) < 4.78 is 15.9. The Labute approximate surface area is 102 Å². The van der Waals surface area contributed by atoms with Crippen LogP contribution in [0, 0.1) is 0 Å². The Bertz CT molecular complexity index is 388. The topological polar surface area (TPSA) is 53.7 Å². The van der Waals surface area contributed by atoms with Crippen LogP contribution in [0.2, 0.25) is 0 Å². The number of benzene rings is 1. The lowest BCUT2D eigenvalue weighted by atomic mass is 10.1. The first-order valence-corrected chi connectivity index (χ1v) is 5.37. The Morgan fingerprint density at radius 2 is 1.94 bits per heavy atom. The molecule has 0 saturated carbocycles. The molecule has 0 aliphatic carbocycles. The number of nitrogens with two attached hydrogens (primary N) is 1. The second-order valence-corrected chi connectivity index (χ2v) is 3.44. The zero-order chi connectivity index (χ0) is 12.7. The lowest BCUT2D eigenvalue weighted by Gasteiger charge is -2.14. The lowest BCUT2D eigenvalue weighted by Crippen LogP contribution is -2.00. The van der Waals surface area contributed by atoms with Crippen molar-refractivity contribution >= 4 is 6.08 Å². The van der Waals surface area contributed by atoms with Crippen LogP contribution in [0.4, 0.5) is 0 Å². The van der Waals surface area contributed by atoms with E-state index in [0.29, 0.717) is 13.2 Å². The van der Waals surface area contributed by atoms with Gasteiger partial charge in [-0.2, -0.15) is 0 Å². The Balaban J connectivity index is 3.24. The van der Waals surface area contributed by atoms with Crippen LogP contribution < -0.4 is 15.2 Å². The maximum absolute atomic E-state index is 5.44. The quantitative estimate of drug-likeness (QED) is 0.820. The smallest absolute Gasteiger partial charge is 0.135 e. The molecule has 0 radical (unpaired) electrons. The van der Waals surface area contributed by atoms with Crippen molar-refractivity contribution in [2.45, 2.75) is 6.61 Å². The molecule has 0 aliphatic heterocycles. The van der Waals surface area contributed by atoms with E-state index >= 15 is 0 Å². The minimum atomic E-state index is 0.441. The number of rotatable bonds is 6. The molecule has 0 atom stereocenters. The molecule has 1 aromatic carbocycles. The first kappa shape index (κ1) is 13.5. The van der Waals surface area contributed by atoms with E-state index in [4.69, 9.17) is 19.9 Å². The fourth-order valence-electron chi connectivity index (χ4n) is 1.67. The summed E-state index contributed by atoms with van der Waals surface area (Å²) in [5.41, 5.74) is 7.31. The highest BCUT2D eigenvalue weighted by Crippen LogP contribution is 2.33. The fourth-order valence-corrected chi connectivity index (χ4v) is 1.67. The number of methoxy groups -OCH3 is 3. The monoisotopic (exact) mass is 237 g/mol. The largest absolute Gasteiger partial charge is 0.496 e. The van der Waals surface area contributed by atoms with Gasteiger partial charge >= 0.3 is 0 Å². The van der Waals surface area contributed by atoms with Gasteiger partial charge in [0, 0.05) is 19.2 Å². The zero-order valence-electron chi connectivity index (χ0n) is 10.5. The van der Waals surface area contributed by atoms with E-state index in [2.05, 4.69) is 0 Å².